The van der Waals surface area contributed by atoms with Crippen molar-refractivity contribution in [2.45, 2.75) is 6.18 Å². The van der Waals surface area contributed by atoms with E-state index in [-0.39, 0.29) is 23.3 Å². The van der Waals surface area contributed by atoms with Crippen LogP contribution in [0.4, 0.5) is 30.2 Å². The van der Waals surface area contributed by atoms with Gasteiger partial charge in [-0.3, -0.25) is 25.0 Å². The van der Waals surface area contributed by atoms with Gasteiger partial charge in [0, 0.05) is 29.8 Å². The summed E-state index contributed by atoms with van der Waals surface area (Å²) in [6, 6.07) is 9.60. The molecule has 0 unspecified atom stereocenters. The summed E-state index contributed by atoms with van der Waals surface area (Å²) in [6.07, 6.45) is -4.99. The van der Waals surface area contributed by atoms with Crippen LogP contribution in [0, 0.1) is 20.2 Å². The number of carbonyl (C=O) groups is 2. The standard InChI is InChI=1S/C20H12F3N3O8/c21-20(22,23)14-9-13(26(31)32)5-6-15(14)24-18(27)10-33-19(28)17-8-7-16(34-17)11-1-3-12(4-2-11)25(29)30/h1-9H,10H2,(H,24,27). The number of hydrogen-bond donors (Lipinski definition) is 1. The second-order valence-electron chi connectivity index (χ2n) is 6.58. The molecule has 0 aliphatic heterocycles. The van der Waals surface area contributed by atoms with E-state index in [1.807, 2.05) is 5.32 Å². The van der Waals surface area contributed by atoms with E-state index in [0.29, 0.717) is 11.6 Å². The number of nitro benzene ring substituents is 2. The number of esters is 1. The molecule has 1 amide bonds. The molecule has 1 N–H and O–H groups in total. The van der Waals surface area contributed by atoms with E-state index in [0.717, 1.165) is 6.07 Å². The molecule has 3 rings (SSSR count). The average molecular weight is 479 g/mol. The topological polar surface area (TPSA) is 155 Å². The Morgan fingerprint density at radius 3 is 2.15 bits per heavy atom. The van der Waals surface area contributed by atoms with Gasteiger partial charge >= 0.3 is 12.1 Å². The smallest absolute Gasteiger partial charge is 0.418 e. The molecule has 34 heavy (non-hydrogen) atoms. The quantitative estimate of drug-likeness (QED) is 0.293. The highest BCUT2D eigenvalue weighted by Crippen LogP contribution is 2.37. The Hall–Kier alpha value is -4.75. The lowest BCUT2D eigenvalue weighted by molar-refractivity contribution is -0.385. The highest BCUT2D eigenvalue weighted by Gasteiger charge is 2.35. The average Bonchev–Trinajstić information content (AvgIpc) is 3.27. The van der Waals surface area contributed by atoms with Gasteiger partial charge in [0.25, 0.3) is 17.3 Å². The molecule has 0 atom stereocenters. The van der Waals surface area contributed by atoms with Crippen LogP contribution in [-0.2, 0) is 15.7 Å². The lowest BCUT2D eigenvalue weighted by atomic mass is 10.1. The van der Waals surface area contributed by atoms with Gasteiger partial charge in [0.1, 0.15) is 5.76 Å². The maximum atomic E-state index is 13.2. The minimum absolute atomic E-state index is 0.150. The third-order valence-electron chi connectivity index (χ3n) is 4.30. The first-order valence-electron chi connectivity index (χ1n) is 9.13. The molecule has 2 aromatic carbocycles. The molecule has 0 spiro atoms. The predicted octanol–water partition coefficient (Wildman–Crippen LogP) is 4.58. The highest BCUT2D eigenvalue weighted by molar-refractivity contribution is 5.95. The van der Waals surface area contributed by atoms with Crippen LogP contribution in [0.2, 0.25) is 0 Å². The van der Waals surface area contributed by atoms with Gasteiger partial charge in [0.2, 0.25) is 5.76 Å². The lowest BCUT2D eigenvalue weighted by Crippen LogP contribution is -2.22. The Labute approximate surface area is 187 Å². The number of halogens is 3. The van der Waals surface area contributed by atoms with Crippen molar-refractivity contribution < 1.29 is 41.8 Å². The molecule has 0 saturated carbocycles. The van der Waals surface area contributed by atoms with Crippen LogP contribution in [0.5, 0.6) is 0 Å². The Bertz CT molecular complexity index is 1270. The van der Waals surface area contributed by atoms with Crippen LogP contribution >= 0.6 is 0 Å². The molecule has 0 bridgehead atoms. The third kappa shape index (κ3) is 5.53. The number of anilines is 1. The largest absolute Gasteiger partial charge is 0.450 e. The molecule has 0 aliphatic carbocycles. The van der Waals surface area contributed by atoms with Crippen molar-refractivity contribution in [3.63, 3.8) is 0 Å². The summed E-state index contributed by atoms with van der Waals surface area (Å²) >= 11 is 0. The molecule has 176 valence electrons. The van der Waals surface area contributed by atoms with Gasteiger partial charge in [0.05, 0.1) is 21.1 Å². The van der Waals surface area contributed by atoms with Crippen LogP contribution in [-0.4, -0.2) is 28.3 Å². The lowest BCUT2D eigenvalue weighted by Gasteiger charge is -2.13. The van der Waals surface area contributed by atoms with Gasteiger partial charge in [-0.25, -0.2) is 4.79 Å². The van der Waals surface area contributed by atoms with E-state index in [1.165, 1.54) is 36.4 Å². The van der Waals surface area contributed by atoms with Gasteiger partial charge in [0.15, 0.2) is 6.61 Å². The van der Waals surface area contributed by atoms with Crippen molar-refractivity contribution in [2.24, 2.45) is 0 Å². The molecule has 14 heteroatoms. The van der Waals surface area contributed by atoms with Crippen molar-refractivity contribution >= 4 is 28.9 Å². The Kier molecular flexibility index (Phi) is 6.61. The maximum Gasteiger partial charge on any atom is 0.418 e. The zero-order valence-electron chi connectivity index (χ0n) is 16.7. The molecule has 0 radical (unpaired) electrons. The number of nitrogens with one attached hydrogen (secondary N) is 1. The van der Waals surface area contributed by atoms with Crippen LogP contribution < -0.4 is 5.32 Å². The van der Waals surface area contributed by atoms with Crippen molar-refractivity contribution in [1.82, 2.24) is 0 Å². The van der Waals surface area contributed by atoms with Gasteiger partial charge < -0.3 is 14.5 Å². The number of rotatable bonds is 7. The van der Waals surface area contributed by atoms with E-state index >= 15 is 0 Å². The summed E-state index contributed by atoms with van der Waals surface area (Å²) in [7, 11) is 0. The number of alkyl halides is 3. The Balaban J connectivity index is 1.64. The summed E-state index contributed by atoms with van der Waals surface area (Å²) < 4.78 is 49.5. The van der Waals surface area contributed by atoms with Gasteiger partial charge in [-0.2, -0.15) is 13.2 Å². The molecule has 1 aromatic heterocycles. The van der Waals surface area contributed by atoms with E-state index in [1.54, 1.807) is 0 Å². The zero-order valence-corrected chi connectivity index (χ0v) is 16.7. The first-order chi connectivity index (χ1) is 16.0. The second-order valence-corrected chi connectivity index (χ2v) is 6.58. The zero-order chi connectivity index (χ0) is 25.0. The van der Waals surface area contributed by atoms with Crippen molar-refractivity contribution in [3.8, 4) is 11.3 Å². The fourth-order valence-corrected chi connectivity index (χ4v) is 2.73. The fraction of sp³-hybridized carbons (Fsp3) is 0.100. The summed E-state index contributed by atoms with van der Waals surface area (Å²) in [4.78, 5) is 43.9. The Morgan fingerprint density at radius 2 is 1.56 bits per heavy atom. The van der Waals surface area contributed by atoms with Crippen molar-refractivity contribution in [3.05, 3.63) is 86.1 Å². The third-order valence-corrected chi connectivity index (χ3v) is 4.30. The Morgan fingerprint density at radius 1 is 0.941 bits per heavy atom. The molecule has 0 aliphatic rings. The van der Waals surface area contributed by atoms with Crippen LogP contribution in [0.25, 0.3) is 11.3 Å². The van der Waals surface area contributed by atoms with Crippen molar-refractivity contribution in [1.29, 1.82) is 0 Å². The van der Waals surface area contributed by atoms with E-state index in [2.05, 4.69) is 0 Å². The fourth-order valence-electron chi connectivity index (χ4n) is 2.73. The first-order valence-corrected chi connectivity index (χ1v) is 9.13. The number of benzene rings is 2. The number of ether oxygens (including phenoxy) is 1. The number of nitro groups is 2. The number of hydrogen-bond acceptors (Lipinski definition) is 8. The summed E-state index contributed by atoms with van der Waals surface area (Å²) in [5.41, 5.74) is -2.75. The monoisotopic (exact) mass is 479 g/mol. The van der Waals surface area contributed by atoms with E-state index < -0.39 is 51.4 Å². The summed E-state index contributed by atoms with van der Waals surface area (Å²) in [6.45, 7) is -0.972. The molecule has 3 aromatic rings. The molecular weight excluding hydrogens is 467 g/mol. The molecule has 0 fully saturated rings. The first kappa shape index (κ1) is 23.9. The molecule has 0 saturated heterocycles. The minimum atomic E-state index is -4.99. The molecule has 1 heterocycles. The maximum absolute atomic E-state index is 13.2. The predicted molar refractivity (Wildman–Crippen MR) is 108 cm³/mol. The van der Waals surface area contributed by atoms with Crippen LogP contribution in [0.3, 0.4) is 0 Å². The van der Waals surface area contributed by atoms with E-state index in [4.69, 9.17) is 9.15 Å². The van der Waals surface area contributed by atoms with E-state index in [9.17, 15) is 43.0 Å². The SMILES string of the molecule is O=C(COC(=O)c1ccc(-c2ccc([N+](=O)[O-])cc2)o1)Nc1ccc([N+](=O)[O-])cc1C(F)(F)F. The number of furan rings is 1. The van der Waals surface area contributed by atoms with Crippen LogP contribution in [0.15, 0.2) is 59.0 Å². The summed E-state index contributed by atoms with van der Waals surface area (Å²) in [5.74, 6) is -2.38. The normalized spacial score (nSPS) is 11.0. The number of carbonyl (C=O) groups excluding carboxylic acids is 2. The number of nitrogens with zero attached hydrogens (tertiary/aromatic N) is 2. The van der Waals surface area contributed by atoms with Crippen LogP contribution in [0.1, 0.15) is 16.1 Å². The number of amides is 1. The number of non-ortho nitro benzene ring substituents is 2. The summed E-state index contributed by atoms with van der Waals surface area (Å²) in [5, 5.41) is 23.3. The van der Waals surface area contributed by atoms with Crippen molar-refractivity contribution in [2.75, 3.05) is 11.9 Å². The molecule has 11 nitrogen and oxygen atoms in total. The van der Waals surface area contributed by atoms with Gasteiger partial charge in [-0.15, -0.1) is 0 Å². The van der Waals surface area contributed by atoms with Gasteiger partial charge in [-0.1, -0.05) is 0 Å². The second kappa shape index (κ2) is 9.40. The molecular formula is C20H12F3N3O8. The highest BCUT2D eigenvalue weighted by atomic mass is 19.4. The van der Waals surface area contributed by atoms with Gasteiger partial charge in [-0.05, 0) is 30.3 Å². The minimum Gasteiger partial charge on any atom is -0.450 e.